The standard InChI is InChI=1S/C11H22N3/c1-9-5-3-4-6-10(2)14-7-12-11(9)13(14)8-14/h9-12H,3-8H2,1-2H3/q+1. The van der Waals surface area contributed by atoms with Crippen molar-refractivity contribution in [2.24, 2.45) is 5.92 Å². The van der Waals surface area contributed by atoms with Gasteiger partial charge in [-0.25, -0.2) is 9.91 Å². The molecule has 2 bridgehead atoms. The lowest BCUT2D eigenvalue weighted by atomic mass is 9.99. The number of nitrogens with zero attached hydrogens (tertiary/aromatic N) is 2. The SMILES string of the molecule is CC1CCCCC(C)[N+]23CNC1N2C3. The van der Waals surface area contributed by atoms with Gasteiger partial charge in [0.2, 0.25) is 0 Å². The zero-order valence-corrected chi connectivity index (χ0v) is 9.37. The highest BCUT2D eigenvalue weighted by Gasteiger charge is 2.65. The van der Waals surface area contributed by atoms with Gasteiger partial charge in [-0.3, -0.25) is 0 Å². The molecule has 3 aliphatic heterocycles. The molecule has 3 aliphatic rings. The second-order valence-electron chi connectivity index (χ2n) is 5.49. The van der Waals surface area contributed by atoms with E-state index in [9.17, 15) is 0 Å². The Morgan fingerprint density at radius 3 is 2.79 bits per heavy atom. The first-order chi connectivity index (χ1) is 6.74. The molecule has 0 aromatic carbocycles. The Labute approximate surface area is 86.6 Å². The van der Waals surface area contributed by atoms with Crippen LogP contribution < -0.4 is 5.32 Å². The summed E-state index contributed by atoms with van der Waals surface area (Å²) < 4.78 is 1.26. The second-order valence-corrected chi connectivity index (χ2v) is 5.49. The third-order valence-electron chi connectivity index (χ3n) is 4.60. The van der Waals surface area contributed by atoms with Crippen molar-refractivity contribution in [3.63, 3.8) is 0 Å². The summed E-state index contributed by atoms with van der Waals surface area (Å²) in [6.07, 6.45) is 6.36. The summed E-state index contributed by atoms with van der Waals surface area (Å²) in [5.41, 5.74) is 0. The maximum atomic E-state index is 3.69. The Morgan fingerprint density at radius 1 is 1.21 bits per heavy atom. The third kappa shape index (κ3) is 1.09. The minimum atomic E-state index is 0.676. The van der Waals surface area contributed by atoms with Crippen LogP contribution >= 0.6 is 0 Å². The van der Waals surface area contributed by atoms with Gasteiger partial charge in [-0.15, -0.1) is 0 Å². The zero-order chi connectivity index (χ0) is 9.76. The fourth-order valence-corrected chi connectivity index (χ4v) is 3.40. The molecule has 1 N–H and O–H groups in total. The minimum Gasteiger partial charge on any atom is -0.248 e. The summed E-state index contributed by atoms with van der Waals surface area (Å²) in [5, 5.41) is 6.36. The Bertz CT molecular complexity index is 243. The Balaban J connectivity index is 1.83. The molecule has 0 saturated carbocycles. The molecule has 3 saturated heterocycles. The van der Waals surface area contributed by atoms with Gasteiger partial charge in [0.15, 0.2) is 13.3 Å². The van der Waals surface area contributed by atoms with Gasteiger partial charge in [0.25, 0.3) is 0 Å². The highest BCUT2D eigenvalue weighted by atomic mass is 16.0. The monoisotopic (exact) mass is 196 g/mol. The van der Waals surface area contributed by atoms with E-state index in [1.165, 1.54) is 43.6 Å². The van der Waals surface area contributed by atoms with Crippen LogP contribution in [0.2, 0.25) is 0 Å². The lowest BCUT2D eigenvalue weighted by Crippen LogP contribution is -2.40. The van der Waals surface area contributed by atoms with E-state index in [1.807, 2.05) is 0 Å². The molecule has 3 nitrogen and oxygen atoms in total. The van der Waals surface area contributed by atoms with Crippen LogP contribution in [0.4, 0.5) is 0 Å². The van der Waals surface area contributed by atoms with E-state index in [0.717, 1.165) is 12.0 Å². The van der Waals surface area contributed by atoms with Crippen LogP contribution in [0.1, 0.15) is 39.5 Å². The second kappa shape index (κ2) is 2.94. The maximum absolute atomic E-state index is 3.69. The first-order valence-electron chi connectivity index (χ1n) is 6.11. The molecular formula is C11H22N3+. The molecule has 14 heavy (non-hydrogen) atoms. The van der Waals surface area contributed by atoms with Crippen molar-refractivity contribution >= 4 is 0 Å². The van der Waals surface area contributed by atoms with Crippen LogP contribution in [-0.4, -0.2) is 35.1 Å². The van der Waals surface area contributed by atoms with Crippen molar-refractivity contribution < 1.29 is 4.59 Å². The van der Waals surface area contributed by atoms with Gasteiger partial charge in [0, 0.05) is 6.42 Å². The van der Waals surface area contributed by atoms with Crippen LogP contribution in [0.5, 0.6) is 0 Å². The average molecular weight is 196 g/mol. The Hall–Kier alpha value is -0.120. The van der Waals surface area contributed by atoms with Crippen LogP contribution in [0, 0.1) is 5.92 Å². The molecule has 3 fully saturated rings. The van der Waals surface area contributed by atoms with E-state index in [1.54, 1.807) is 0 Å². The molecule has 5 atom stereocenters. The highest BCUT2D eigenvalue weighted by Crippen LogP contribution is 2.43. The maximum Gasteiger partial charge on any atom is 0.199 e. The first-order valence-corrected chi connectivity index (χ1v) is 6.11. The lowest BCUT2D eigenvalue weighted by molar-refractivity contribution is -0.881. The van der Waals surface area contributed by atoms with Crippen molar-refractivity contribution in [3.8, 4) is 0 Å². The fourth-order valence-electron chi connectivity index (χ4n) is 3.40. The number of quaternary nitrogens is 1. The van der Waals surface area contributed by atoms with Gasteiger partial charge < -0.3 is 0 Å². The molecule has 0 aromatic rings. The molecule has 3 rings (SSSR count). The van der Waals surface area contributed by atoms with Gasteiger partial charge in [-0.2, -0.15) is 0 Å². The van der Waals surface area contributed by atoms with Gasteiger partial charge in [-0.1, -0.05) is 18.4 Å². The van der Waals surface area contributed by atoms with Gasteiger partial charge >= 0.3 is 0 Å². The van der Waals surface area contributed by atoms with E-state index in [0.29, 0.717) is 6.17 Å². The van der Waals surface area contributed by atoms with E-state index in [-0.39, 0.29) is 0 Å². The zero-order valence-electron chi connectivity index (χ0n) is 9.37. The summed E-state index contributed by atoms with van der Waals surface area (Å²) >= 11 is 0. The molecule has 80 valence electrons. The molecule has 3 heterocycles. The molecule has 0 radical (unpaired) electrons. The van der Waals surface area contributed by atoms with Crippen LogP contribution in [0.15, 0.2) is 0 Å². The molecule has 3 heteroatoms. The van der Waals surface area contributed by atoms with E-state index >= 15 is 0 Å². The predicted octanol–water partition coefficient (Wildman–Crippen LogP) is 1.48. The smallest absolute Gasteiger partial charge is 0.199 e. The minimum absolute atomic E-state index is 0.676. The van der Waals surface area contributed by atoms with Crippen LogP contribution in [-0.2, 0) is 0 Å². The molecule has 0 aromatic heterocycles. The summed E-state index contributed by atoms with van der Waals surface area (Å²) in [5.74, 6) is 0.836. The summed E-state index contributed by atoms with van der Waals surface area (Å²) in [7, 11) is 0. The van der Waals surface area contributed by atoms with Gasteiger partial charge in [0.1, 0.15) is 12.2 Å². The average Bonchev–Trinajstić information content (AvgIpc) is 2.79. The number of hydrogen-bond acceptors (Lipinski definition) is 2. The Morgan fingerprint density at radius 2 is 2.00 bits per heavy atom. The topological polar surface area (TPSA) is 15.0 Å². The fraction of sp³-hybridized carbons (Fsp3) is 1.00. The molecular weight excluding hydrogens is 174 g/mol. The lowest BCUT2D eigenvalue weighted by Gasteiger charge is -2.20. The van der Waals surface area contributed by atoms with Crippen LogP contribution in [0.3, 0.4) is 0 Å². The highest BCUT2D eigenvalue weighted by molar-refractivity contribution is 4.82. The van der Waals surface area contributed by atoms with Crippen molar-refractivity contribution in [1.29, 1.82) is 0 Å². The normalized spacial score (nSPS) is 57.0. The van der Waals surface area contributed by atoms with E-state index in [2.05, 4.69) is 24.2 Å². The largest absolute Gasteiger partial charge is 0.248 e. The number of rotatable bonds is 0. The van der Waals surface area contributed by atoms with E-state index in [4.69, 9.17) is 0 Å². The van der Waals surface area contributed by atoms with Crippen molar-refractivity contribution in [1.82, 2.24) is 10.3 Å². The van der Waals surface area contributed by atoms with Crippen LogP contribution in [0.25, 0.3) is 0 Å². The molecule has 0 amide bonds. The molecule has 5 unspecified atom stereocenters. The predicted molar refractivity (Wildman–Crippen MR) is 55.9 cm³/mol. The molecule has 0 aliphatic carbocycles. The van der Waals surface area contributed by atoms with Crippen molar-refractivity contribution in [2.45, 2.75) is 51.7 Å². The van der Waals surface area contributed by atoms with Gasteiger partial charge in [-0.05, 0) is 25.7 Å². The quantitative estimate of drug-likeness (QED) is 0.466. The van der Waals surface area contributed by atoms with Gasteiger partial charge in [0.05, 0.1) is 0 Å². The van der Waals surface area contributed by atoms with Crippen molar-refractivity contribution in [3.05, 3.63) is 0 Å². The first kappa shape index (κ1) is 9.13. The van der Waals surface area contributed by atoms with Crippen molar-refractivity contribution in [2.75, 3.05) is 13.3 Å². The summed E-state index contributed by atoms with van der Waals surface area (Å²) in [6.45, 7) is 7.34. The number of nitrogens with one attached hydrogen (secondary N) is 1. The summed E-state index contributed by atoms with van der Waals surface area (Å²) in [6, 6.07) is 0.845. The Kier molecular flexibility index (Phi) is 1.92. The summed E-state index contributed by atoms with van der Waals surface area (Å²) in [4.78, 5) is 0. The van der Waals surface area contributed by atoms with E-state index < -0.39 is 0 Å². The third-order valence-corrected chi connectivity index (χ3v) is 4.60. The molecule has 0 spiro atoms. The number of hydrogen-bond donors (Lipinski definition) is 1.